The van der Waals surface area contributed by atoms with Gasteiger partial charge in [-0.1, -0.05) is 67.6 Å². The van der Waals surface area contributed by atoms with E-state index in [1.807, 2.05) is 60.7 Å². The molecule has 0 bridgehead atoms. The topological polar surface area (TPSA) is 89.5 Å². The molecule has 2 heterocycles. The SMILES string of the molecule is CCc1cc(OCc2ccc(-c3ccccc3-c3nnnn3-c3ccc(C#N)cc3)cc2)c2ccccc2n1. The molecular weight excluding hydrogens is 484 g/mol. The maximum absolute atomic E-state index is 9.12. The molecule has 0 aliphatic heterocycles. The number of fused-ring (bicyclic) bond motifs is 1. The molecule has 0 fully saturated rings. The Balaban J connectivity index is 1.27. The molecule has 0 aliphatic carbocycles. The van der Waals surface area contributed by atoms with Crippen molar-refractivity contribution in [3.8, 4) is 40.0 Å². The Kier molecular flexibility index (Phi) is 6.50. The third kappa shape index (κ3) is 4.83. The lowest BCUT2D eigenvalue weighted by atomic mass is 9.98. The molecule has 0 amide bonds. The number of nitrogens with zero attached hydrogens (tertiary/aromatic N) is 6. The maximum atomic E-state index is 9.12. The van der Waals surface area contributed by atoms with Crippen molar-refractivity contribution in [1.82, 2.24) is 25.2 Å². The van der Waals surface area contributed by atoms with E-state index in [1.165, 1.54) is 0 Å². The van der Waals surface area contributed by atoms with Gasteiger partial charge in [-0.05, 0) is 69.9 Å². The molecule has 6 aromatic rings. The minimum absolute atomic E-state index is 0.454. The van der Waals surface area contributed by atoms with Crippen LogP contribution >= 0.6 is 0 Å². The van der Waals surface area contributed by atoms with Crippen LogP contribution < -0.4 is 4.74 Å². The van der Waals surface area contributed by atoms with Crippen LogP contribution in [0.3, 0.4) is 0 Å². The number of aromatic nitrogens is 5. The van der Waals surface area contributed by atoms with Crippen LogP contribution in [0.5, 0.6) is 5.75 Å². The molecule has 0 atom stereocenters. The van der Waals surface area contributed by atoms with Crippen LogP contribution in [0.4, 0.5) is 0 Å². The van der Waals surface area contributed by atoms with Gasteiger partial charge in [0.1, 0.15) is 12.4 Å². The molecule has 6 rings (SSSR count). The fourth-order valence-electron chi connectivity index (χ4n) is 4.57. The first kappa shape index (κ1) is 24.0. The molecule has 188 valence electrons. The normalized spacial score (nSPS) is 10.9. The Bertz CT molecular complexity index is 1800. The van der Waals surface area contributed by atoms with Gasteiger partial charge in [-0.2, -0.15) is 9.94 Å². The maximum Gasteiger partial charge on any atom is 0.187 e. The Morgan fingerprint density at radius 3 is 2.36 bits per heavy atom. The van der Waals surface area contributed by atoms with Crippen molar-refractivity contribution in [2.75, 3.05) is 0 Å². The third-order valence-electron chi connectivity index (χ3n) is 6.63. The Morgan fingerprint density at radius 2 is 1.59 bits per heavy atom. The van der Waals surface area contributed by atoms with E-state index >= 15 is 0 Å². The largest absolute Gasteiger partial charge is 0.488 e. The second-order valence-corrected chi connectivity index (χ2v) is 9.09. The smallest absolute Gasteiger partial charge is 0.187 e. The summed E-state index contributed by atoms with van der Waals surface area (Å²) in [6, 6.07) is 35.8. The highest BCUT2D eigenvalue weighted by molar-refractivity contribution is 5.85. The van der Waals surface area contributed by atoms with E-state index in [0.717, 1.165) is 56.7 Å². The molecule has 0 unspecified atom stereocenters. The predicted octanol–water partition coefficient (Wildman–Crippen LogP) is 6.56. The highest BCUT2D eigenvalue weighted by Crippen LogP contribution is 2.32. The quantitative estimate of drug-likeness (QED) is 0.243. The van der Waals surface area contributed by atoms with Crippen molar-refractivity contribution in [1.29, 1.82) is 5.26 Å². The lowest BCUT2D eigenvalue weighted by molar-refractivity contribution is 0.309. The van der Waals surface area contributed by atoms with Crippen molar-refractivity contribution in [2.24, 2.45) is 0 Å². The Labute approximate surface area is 226 Å². The lowest BCUT2D eigenvalue weighted by Crippen LogP contribution is -2.01. The number of benzene rings is 4. The van der Waals surface area contributed by atoms with Gasteiger partial charge < -0.3 is 4.74 Å². The molecule has 4 aromatic carbocycles. The summed E-state index contributed by atoms with van der Waals surface area (Å²) in [5, 5.41) is 22.6. The summed E-state index contributed by atoms with van der Waals surface area (Å²) in [6.07, 6.45) is 0.851. The minimum atomic E-state index is 0.454. The van der Waals surface area contributed by atoms with E-state index in [-0.39, 0.29) is 0 Å². The number of ether oxygens (including phenoxy) is 1. The zero-order valence-corrected chi connectivity index (χ0v) is 21.3. The summed E-state index contributed by atoms with van der Waals surface area (Å²) in [5.41, 5.74) is 7.37. The van der Waals surface area contributed by atoms with Crippen molar-refractivity contribution < 1.29 is 4.74 Å². The minimum Gasteiger partial charge on any atom is -0.488 e. The summed E-state index contributed by atoms with van der Waals surface area (Å²) < 4.78 is 7.95. The van der Waals surface area contributed by atoms with Crippen molar-refractivity contribution in [3.63, 3.8) is 0 Å². The molecule has 0 saturated carbocycles. The molecule has 0 spiro atoms. The van der Waals surface area contributed by atoms with E-state index in [2.05, 4.69) is 58.9 Å². The summed E-state index contributed by atoms with van der Waals surface area (Å²) in [7, 11) is 0. The number of nitriles is 1. The predicted molar refractivity (Wildman–Crippen MR) is 150 cm³/mol. The van der Waals surface area contributed by atoms with Gasteiger partial charge in [0, 0.05) is 22.7 Å². The third-order valence-corrected chi connectivity index (χ3v) is 6.63. The van der Waals surface area contributed by atoms with Crippen LogP contribution in [0.15, 0.2) is 103 Å². The second-order valence-electron chi connectivity index (χ2n) is 9.09. The zero-order chi connectivity index (χ0) is 26.6. The molecule has 0 radical (unpaired) electrons. The van der Waals surface area contributed by atoms with Crippen molar-refractivity contribution in [3.05, 3.63) is 120 Å². The van der Waals surface area contributed by atoms with Crippen LogP contribution in [-0.2, 0) is 13.0 Å². The number of aryl methyl sites for hydroxylation is 1. The highest BCUT2D eigenvalue weighted by Gasteiger charge is 2.16. The average molecular weight is 509 g/mol. The van der Waals surface area contributed by atoms with Gasteiger partial charge in [-0.25, -0.2) is 0 Å². The number of hydrogen-bond acceptors (Lipinski definition) is 6. The molecule has 0 aliphatic rings. The molecule has 39 heavy (non-hydrogen) atoms. The molecule has 7 heteroatoms. The molecular formula is C32H24N6O. The average Bonchev–Trinajstić information content (AvgIpc) is 3.50. The van der Waals surface area contributed by atoms with Crippen LogP contribution in [0.2, 0.25) is 0 Å². The Hall–Kier alpha value is -5.35. The number of tetrazole rings is 1. The molecule has 2 aromatic heterocycles. The summed E-state index contributed by atoms with van der Waals surface area (Å²) in [5.74, 6) is 1.47. The van der Waals surface area contributed by atoms with Crippen LogP contribution in [-0.4, -0.2) is 25.2 Å². The summed E-state index contributed by atoms with van der Waals surface area (Å²) in [4.78, 5) is 4.71. The molecule has 7 nitrogen and oxygen atoms in total. The number of rotatable bonds is 7. The van der Waals surface area contributed by atoms with Crippen LogP contribution in [0.1, 0.15) is 23.7 Å². The monoisotopic (exact) mass is 508 g/mol. The second kappa shape index (κ2) is 10.6. The zero-order valence-electron chi connectivity index (χ0n) is 21.3. The van der Waals surface area contributed by atoms with E-state index < -0.39 is 0 Å². The summed E-state index contributed by atoms with van der Waals surface area (Å²) in [6.45, 7) is 2.55. The lowest BCUT2D eigenvalue weighted by Gasteiger charge is -2.13. The van der Waals surface area contributed by atoms with Crippen LogP contribution in [0.25, 0.3) is 39.1 Å². The highest BCUT2D eigenvalue weighted by atomic mass is 16.5. The van der Waals surface area contributed by atoms with Gasteiger partial charge in [0.05, 0.1) is 22.8 Å². The van der Waals surface area contributed by atoms with Crippen molar-refractivity contribution >= 4 is 10.9 Å². The van der Waals surface area contributed by atoms with Gasteiger partial charge >= 0.3 is 0 Å². The first-order chi connectivity index (χ1) is 19.2. The first-order valence-electron chi connectivity index (χ1n) is 12.7. The van der Waals surface area contributed by atoms with Gasteiger partial charge in [-0.3, -0.25) is 4.98 Å². The van der Waals surface area contributed by atoms with Crippen molar-refractivity contribution in [2.45, 2.75) is 20.0 Å². The van der Waals surface area contributed by atoms with E-state index in [0.29, 0.717) is 18.0 Å². The van der Waals surface area contributed by atoms with Gasteiger partial charge in [0.2, 0.25) is 0 Å². The standard InChI is InChI=1S/C32H24N6O/c1-2-25-19-31(29-9-5-6-10-30(29)34-25)39-21-23-11-15-24(16-12-23)27-7-3-4-8-28(27)32-35-36-37-38(32)26-17-13-22(20-33)14-18-26/h3-19H,2,21H2,1H3. The van der Waals surface area contributed by atoms with Gasteiger partial charge in [0.15, 0.2) is 5.82 Å². The first-order valence-corrected chi connectivity index (χ1v) is 12.7. The molecule has 0 N–H and O–H groups in total. The van der Waals surface area contributed by atoms with E-state index in [1.54, 1.807) is 16.8 Å². The Morgan fingerprint density at radius 1 is 0.846 bits per heavy atom. The summed E-state index contributed by atoms with van der Waals surface area (Å²) >= 11 is 0. The number of hydrogen-bond donors (Lipinski definition) is 0. The van der Waals surface area contributed by atoms with Gasteiger partial charge in [0.25, 0.3) is 0 Å². The van der Waals surface area contributed by atoms with E-state index in [9.17, 15) is 0 Å². The fraction of sp³-hybridized carbons (Fsp3) is 0.0938. The number of pyridine rings is 1. The number of para-hydroxylation sites is 1. The van der Waals surface area contributed by atoms with Crippen LogP contribution in [0, 0.1) is 11.3 Å². The van der Waals surface area contributed by atoms with E-state index in [4.69, 9.17) is 15.0 Å². The van der Waals surface area contributed by atoms with Gasteiger partial charge in [-0.15, -0.1) is 5.10 Å². The fourth-order valence-corrected chi connectivity index (χ4v) is 4.57. The molecule has 0 saturated heterocycles.